The summed E-state index contributed by atoms with van der Waals surface area (Å²) < 4.78 is 8.98. The number of nitrogens with zero attached hydrogens (tertiary/aromatic N) is 4. The molecule has 10 aromatic rings. The SMILES string of the molecule is c1ccc2cc(C3=NC(c4ccc5ccccc5c4)[N-]C(c4ccc5c(c4)oc4cccc(-n6c7ccccc7c7ccccc76)c45)=N3)ccc2c1. The molecule has 52 heavy (non-hydrogen) atoms. The highest BCUT2D eigenvalue weighted by molar-refractivity contribution is 6.21. The first-order valence-corrected chi connectivity index (χ1v) is 17.5. The molecule has 0 radical (unpaired) electrons. The Hall–Kier alpha value is -6.98. The van der Waals surface area contributed by atoms with Gasteiger partial charge in [-0.15, -0.1) is 0 Å². The van der Waals surface area contributed by atoms with Gasteiger partial charge in [-0.25, -0.2) is 0 Å². The van der Waals surface area contributed by atoms with Gasteiger partial charge in [-0.2, -0.15) is 0 Å². The van der Waals surface area contributed by atoms with E-state index < -0.39 is 6.17 Å². The van der Waals surface area contributed by atoms with Crippen LogP contribution in [0, 0.1) is 0 Å². The molecule has 1 atom stereocenters. The van der Waals surface area contributed by atoms with Gasteiger partial charge in [0.15, 0.2) is 0 Å². The van der Waals surface area contributed by atoms with Crippen molar-refractivity contribution in [2.24, 2.45) is 9.98 Å². The first-order chi connectivity index (χ1) is 25.7. The molecule has 1 aliphatic heterocycles. The van der Waals surface area contributed by atoms with Crippen LogP contribution in [0.2, 0.25) is 0 Å². The molecule has 11 rings (SSSR count). The highest BCUT2D eigenvalue weighted by atomic mass is 16.3. The van der Waals surface area contributed by atoms with Gasteiger partial charge in [-0.1, -0.05) is 127 Å². The zero-order chi connectivity index (χ0) is 34.2. The van der Waals surface area contributed by atoms with E-state index >= 15 is 0 Å². The van der Waals surface area contributed by atoms with Crippen molar-refractivity contribution in [1.82, 2.24) is 4.57 Å². The minimum atomic E-state index is -0.452. The van der Waals surface area contributed by atoms with Crippen LogP contribution in [-0.2, 0) is 0 Å². The summed E-state index contributed by atoms with van der Waals surface area (Å²) in [4.78, 5) is 10.2. The second kappa shape index (κ2) is 11.3. The van der Waals surface area contributed by atoms with Crippen LogP contribution >= 0.6 is 0 Å². The Balaban J connectivity index is 1.07. The van der Waals surface area contributed by atoms with Gasteiger partial charge in [-0.3, -0.25) is 4.99 Å². The normalized spacial score (nSPS) is 14.7. The summed E-state index contributed by atoms with van der Waals surface area (Å²) in [6.07, 6.45) is -0.452. The Kier molecular flexibility index (Phi) is 6.25. The summed E-state index contributed by atoms with van der Waals surface area (Å²) in [6, 6.07) is 59.5. The third-order valence-corrected chi connectivity index (χ3v) is 10.3. The van der Waals surface area contributed by atoms with Gasteiger partial charge in [0.25, 0.3) is 0 Å². The summed E-state index contributed by atoms with van der Waals surface area (Å²) in [6.45, 7) is 0. The van der Waals surface area contributed by atoms with E-state index in [-0.39, 0.29) is 0 Å². The first kappa shape index (κ1) is 28.8. The van der Waals surface area contributed by atoms with E-state index in [1.54, 1.807) is 0 Å². The van der Waals surface area contributed by atoms with Gasteiger partial charge in [0.05, 0.1) is 34.1 Å². The van der Waals surface area contributed by atoms with Crippen LogP contribution < -0.4 is 0 Å². The average Bonchev–Trinajstić information content (AvgIpc) is 3.76. The number of furan rings is 1. The van der Waals surface area contributed by atoms with Crippen molar-refractivity contribution in [3.63, 3.8) is 0 Å². The summed E-state index contributed by atoms with van der Waals surface area (Å²) in [7, 11) is 0. The zero-order valence-corrected chi connectivity index (χ0v) is 27.9. The van der Waals surface area contributed by atoms with Crippen molar-refractivity contribution in [3.8, 4) is 5.69 Å². The Bertz CT molecular complexity index is 3070. The summed E-state index contributed by atoms with van der Waals surface area (Å²) in [5, 5.41) is 14.4. The van der Waals surface area contributed by atoms with Crippen LogP contribution in [0.4, 0.5) is 0 Å². The average molecular weight is 666 g/mol. The fourth-order valence-corrected chi connectivity index (χ4v) is 7.86. The van der Waals surface area contributed by atoms with Crippen molar-refractivity contribution in [3.05, 3.63) is 192 Å². The van der Waals surface area contributed by atoms with Crippen molar-refractivity contribution >= 4 is 77.0 Å². The number of para-hydroxylation sites is 2. The summed E-state index contributed by atoms with van der Waals surface area (Å²) >= 11 is 0. The molecule has 8 aromatic carbocycles. The van der Waals surface area contributed by atoms with Crippen LogP contribution in [0.5, 0.6) is 0 Å². The number of aromatic nitrogens is 1. The standard InChI is InChI=1S/C47H29N4O/c1-3-12-31-26-33(22-20-29(31)10-1)45-48-46(34-23-21-30-11-2-4-13-32(30)27-34)50-47(49-45)35-24-25-38-43(28-35)52-42-19-9-18-41(44(38)42)51-39-16-7-5-14-36(39)37-15-6-8-17-40(37)51/h1-28,45H/q-1. The number of hydrogen-bond acceptors (Lipinski definition) is 3. The van der Waals surface area contributed by atoms with Crippen LogP contribution in [0.25, 0.3) is 76.3 Å². The molecular weight excluding hydrogens is 637 g/mol. The molecule has 0 saturated heterocycles. The molecular formula is C47H29N4O-. The van der Waals surface area contributed by atoms with Crippen molar-refractivity contribution in [1.29, 1.82) is 0 Å². The molecule has 0 fully saturated rings. The van der Waals surface area contributed by atoms with Crippen molar-refractivity contribution in [2.45, 2.75) is 6.17 Å². The Morgan fingerprint density at radius 2 is 1.15 bits per heavy atom. The second-order valence-corrected chi connectivity index (χ2v) is 13.4. The van der Waals surface area contributed by atoms with Crippen LogP contribution in [0.1, 0.15) is 22.9 Å². The molecule has 5 nitrogen and oxygen atoms in total. The minimum Gasteiger partial charge on any atom is -0.456 e. The minimum absolute atomic E-state index is 0.452. The van der Waals surface area contributed by atoms with Gasteiger partial charge < -0.3 is 19.3 Å². The Morgan fingerprint density at radius 3 is 1.92 bits per heavy atom. The molecule has 0 saturated carbocycles. The Labute approximate surface area is 298 Å². The third-order valence-electron chi connectivity index (χ3n) is 10.3. The molecule has 0 aliphatic carbocycles. The number of amidine groups is 2. The van der Waals surface area contributed by atoms with Gasteiger partial charge in [0.1, 0.15) is 11.2 Å². The summed E-state index contributed by atoms with van der Waals surface area (Å²) in [5.41, 5.74) is 7.89. The molecule has 0 N–H and O–H groups in total. The lowest BCUT2D eigenvalue weighted by Gasteiger charge is -2.32. The topological polar surface area (TPSA) is 56.9 Å². The molecule has 244 valence electrons. The molecule has 0 amide bonds. The van der Waals surface area contributed by atoms with Gasteiger partial charge in [-0.05, 0) is 86.8 Å². The molecule has 2 aromatic heterocycles. The molecule has 0 bridgehead atoms. The number of benzene rings is 8. The molecule has 5 heteroatoms. The quantitative estimate of drug-likeness (QED) is 0.185. The third kappa shape index (κ3) is 4.49. The molecule has 1 unspecified atom stereocenters. The first-order valence-electron chi connectivity index (χ1n) is 17.5. The van der Waals surface area contributed by atoms with Crippen LogP contribution in [0.15, 0.2) is 184 Å². The van der Waals surface area contributed by atoms with E-state index in [0.717, 1.165) is 66.1 Å². The highest BCUT2D eigenvalue weighted by Crippen LogP contribution is 2.40. The molecule has 1 aliphatic rings. The smallest absolute Gasteiger partial charge is 0.137 e. The lowest BCUT2D eigenvalue weighted by atomic mass is 10.0. The van der Waals surface area contributed by atoms with E-state index in [9.17, 15) is 0 Å². The monoisotopic (exact) mass is 665 g/mol. The fraction of sp³-hybridized carbons (Fsp3) is 0.0213. The lowest BCUT2D eigenvalue weighted by Crippen LogP contribution is -2.15. The summed E-state index contributed by atoms with van der Waals surface area (Å²) in [5.74, 6) is 1.29. The van der Waals surface area contributed by atoms with Crippen LogP contribution in [0.3, 0.4) is 0 Å². The van der Waals surface area contributed by atoms with E-state index in [2.05, 4.69) is 174 Å². The van der Waals surface area contributed by atoms with E-state index in [1.165, 1.54) is 21.5 Å². The van der Waals surface area contributed by atoms with E-state index in [4.69, 9.17) is 19.7 Å². The van der Waals surface area contributed by atoms with Gasteiger partial charge in [0, 0.05) is 16.2 Å². The zero-order valence-electron chi connectivity index (χ0n) is 27.9. The Morgan fingerprint density at radius 1 is 0.500 bits per heavy atom. The molecule has 3 heterocycles. The second-order valence-electron chi connectivity index (χ2n) is 13.4. The lowest BCUT2D eigenvalue weighted by molar-refractivity contribution is 0.668. The van der Waals surface area contributed by atoms with Gasteiger partial charge >= 0.3 is 0 Å². The maximum Gasteiger partial charge on any atom is 0.137 e. The number of aliphatic imine (C=N–C) groups is 2. The maximum atomic E-state index is 6.63. The maximum absolute atomic E-state index is 6.63. The predicted octanol–water partition coefficient (Wildman–Crippen LogP) is 12.3. The van der Waals surface area contributed by atoms with Gasteiger partial charge in [0.2, 0.25) is 0 Å². The molecule has 0 spiro atoms. The highest BCUT2D eigenvalue weighted by Gasteiger charge is 2.19. The predicted molar refractivity (Wildman–Crippen MR) is 215 cm³/mol. The fourth-order valence-electron chi connectivity index (χ4n) is 7.86. The van der Waals surface area contributed by atoms with Crippen molar-refractivity contribution in [2.75, 3.05) is 0 Å². The van der Waals surface area contributed by atoms with E-state index in [1.807, 2.05) is 0 Å². The van der Waals surface area contributed by atoms with Crippen molar-refractivity contribution < 1.29 is 4.42 Å². The van der Waals surface area contributed by atoms with Crippen LogP contribution in [-0.4, -0.2) is 16.2 Å². The number of fused-ring (bicyclic) bond motifs is 8. The number of rotatable bonds is 4. The van der Waals surface area contributed by atoms with E-state index in [0.29, 0.717) is 11.7 Å². The largest absolute Gasteiger partial charge is 0.456 e. The number of hydrogen-bond donors (Lipinski definition) is 0.